The highest BCUT2D eigenvalue weighted by Gasteiger charge is 2.15. The van der Waals surface area contributed by atoms with E-state index in [0.717, 1.165) is 19.5 Å². The number of ether oxygens (including phenoxy) is 1. The Morgan fingerprint density at radius 3 is 2.66 bits per heavy atom. The smallest absolute Gasteiger partial charge is 0.341 e. The summed E-state index contributed by atoms with van der Waals surface area (Å²) in [5.74, 6) is 1.50. The first kappa shape index (κ1) is 22.5. The van der Waals surface area contributed by atoms with E-state index < -0.39 is 5.97 Å². The van der Waals surface area contributed by atoms with Crippen LogP contribution in [0, 0.1) is 6.92 Å². The molecule has 0 aliphatic heterocycles. The summed E-state index contributed by atoms with van der Waals surface area (Å²) in [4.78, 5) is 18.3. The Morgan fingerprint density at radius 2 is 2.00 bits per heavy atom. The average molecular weight is 401 g/mol. The van der Waals surface area contributed by atoms with Crippen LogP contribution in [0.2, 0.25) is 0 Å². The van der Waals surface area contributed by atoms with Gasteiger partial charge >= 0.3 is 5.97 Å². The Balaban J connectivity index is 1.75. The molecule has 7 nitrogen and oxygen atoms in total. The quantitative estimate of drug-likeness (QED) is 0.383. The van der Waals surface area contributed by atoms with E-state index in [1.165, 1.54) is 12.7 Å². The van der Waals surface area contributed by atoms with Gasteiger partial charge in [-0.1, -0.05) is 30.3 Å². The van der Waals surface area contributed by atoms with Gasteiger partial charge in [-0.15, -0.1) is 0 Å². The molecule has 0 saturated carbocycles. The van der Waals surface area contributed by atoms with Gasteiger partial charge in [0, 0.05) is 26.2 Å². The zero-order valence-electron chi connectivity index (χ0n) is 18.0. The standard InChI is InChI=1S/C22H32N4O3/c1-16(26(4)15-18-9-7-6-8-10-18)11-12-24-22(23-3)25-14-19-13-20(17(2)29-19)21(27)28-5/h6-10,13,16H,11-12,14-15H2,1-5H3,(H2,23,24,25). The summed E-state index contributed by atoms with van der Waals surface area (Å²) < 4.78 is 10.4. The SMILES string of the molecule is CN=C(NCCC(C)N(C)Cc1ccccc1)NCc1cc(C(=O)OC)c(C)o1. The predicted octanol–water partition coefficient (Wildman–Crippen LogP) is 2.95. The fraction of sp³-hybridized carbons (Fsp3) is 0.455. The molecular formula is C22H32N4O3. The molecule has 1 aromatic carbocycles. The lowest BCUT2D eigenvalue weighted by Crippen LogP contribution is -2.39. The average Bonchev–Trinajstić information content (AvgIpc) is 3.11. The third-order valence-electron chi connectivity index (χ3n) is 4.91. The van der Waals surface area contributed by atoms with Crippen LogP contribution in [0.5, 0.6) is 0 Å². The van der Waals surface area contributed by atoms with Gasteiger partial charge < -0.3 is 19.8 Å². The number of benzene rings is 1. The topological polar surface area (TPSA) is 79.1 Å². The molecule has 1 atom stereocenters. The molecule has 0 spiro atoms. The van der Waals surface area contributed by atoms with Crippen LogP contribution < -0.4 is 10.6 Å². The Kier molecular flexibility index (Phi) is 8.73. The summed E-state index contributed by atoms with van der Waals surface area (Å²) in [6.07, 6.45) is 0.983. The monoisotopic (exact) mass is 400 g/mol. The second-order valence-corrected chi connectivity index (χ2v) is 7.07. The van der Waals surface area contributed by atoms with E-state index in [2.05, 4.69) is 58.8 Å². The van der Waals surface area contributed by atoms with Crippen molar-refractivity contribution in [1.29, 1.82) is 0 Å². The molecule has 1 unspecified atom stereocenters. The number of nitrogens with zero attached hydrogens (tertiary/aromatic N) is 2. The maximum Gasteiger partial charge on any atom is 0.341 e. The molecule has 158 valence electrons. The van der Waals surface area contributed by atoms with Crippen LogP contribution in [0.15, 0.2) is 45.8 Å². The van der Waals surface area contributed by atoms with Gasteiger partial charge in [0.1, 0.15) is 17.1 Å². The van der Waals surface area contributed by atoms with Crippen LogP contribution in [0.25, 0.3) is 0 Å². The first-order valence-electron chi connectivity index (χ1n) is 9.81. The molecule has 0 amide bonds. The van der Waals surface area contributed by atoms with Gasteiger partial charge in [-0.25, -0.2) is 4.79 Å². The van der Waals surface area contributed by atoms with E-state index in [-0.39, 0.29) is 0 Å². The van der Waals surface area contributed by atoms with Gasteiger partial charge in [0.25, 0.3) is 0 Å². The third-order valence-corrected chi connectivity index (χ3v) is 4.91. The van der Waals surface area contributed by atoms with Crippen molar-refractivity contribution in [2.75, 3.05) is 27.7 Å². The lowest BCUT2D eigenvalue weighted by Gasteiger charge is -2.25. The van der Waals surface area contributed by atoms with E-state index in [1.807, 2.05) is 6.07 Å². The van der Waals surface area contributed by atoms with Gasteiger partial charge in [-0.2, -0.15) is 0 Å². The summed E-state index contributed by atoms with van der Waals surface area (Å²) in [5, 5.41) is 6.53. The molecule has 2 aromatic rings. The fourth-order valence-corrected chi connectivity index (χ4v) is 2.98. The largest absolute Gasteiger partial charge is 0.465 e. The van der Waals surface area contributed by atoms with Gasteiger partial charge in [-0.3, -0.25) is 9.89 Å². The summed E-state index contributed by atoms with van der Waals surface area (Å²) in [5.41, 5.74) is 1.76. The van der Waals surface area contributed by atoms with E-state index in [4.69, 9.17) is 9.15 Å². The van der Waals surface area contributed by atoms with Crippen molar-refractivity contribution in [3.63, 3.8) is 0 Å². The second kappa shape index (κ2) is 11.3. The van der Waals surface area contributed by atoms with E-state index >= 15 is 0 Å². The number of carbonyl (C=O) groups excluding carboxylic acids is 1. The molecule has 1 aromatic heterocycles. The number of aryl methyl sites for hydroxylation is 1. The molecule has 7 heteroatoms. The molecule has 0 radical (unpaired) electrons. The van der Waals surface area contributed by atoms with E-state index in [9.17, 15) is 4.79 Å². The van der Waals surface area contributed by atoms with Crippen molar-refractivity contribution < 1.29 is 13.9 Å². The third kappa shape index (κ3) is 6.94. The van der Waals surface area contributed by atoms with E-state index in [1.54, 1.807) is 20.0 Å². The fourth-order valence-electron chi connectivity index (χ4n) is 2.98. The van der Waals surface area contributed by atoms with Crippen molar-refractivity contribution in [2.24, 2.45) is 4.99 Å². The molecule has 0 aliphatic rings. The molecule has 2 N–H and O–H groups in total. The zero-order chi connectivity index (χ0) is 21.2. The number of guanidine groups is 1. The predicted molar refractivity (Wildman–Crippen MR) is 115 cm³/mol. The number of methoxy groups -OCH3 is 1. The molecule has 0 bridgehead atoms. The maximum atomic E-state index is 11.7. The highest BCUT2D eigenvalue weighted by Crippen LogP contribution is 2.15. The van der Waals surface area contributed by atoms with Gasteiger partial charge in [0.15, 0.2) is 5.96 Å². The van der Waals surface area contributed by atoms with E-state index in [0.29, 0.717) is 35.6 Å². The van der Waals surface area contributed by atoms with Crippen LogP contribution in [0.1, 0.15) is 40.8 Å². The van der Waals surface area contributed by atoms with Crippen molar-refractivity contribution in [3.8, 4) is 0 Å². The van der Waals surface area contributed by atoms with Crippen LogP contribution in [-0.2, 0) is 17.8 Å². The van der Waals surface area contributed by atoms with Crippen LogP contribution in [0.3, 0.4) is 0 Å². The lowest BCUT2D eigenvalue weighted by atomic mass is 10.1. The summed E-state index contributed by atoms with van der Waals surface area (Å²) in [6, 6.07) is 12.6. The Morgan fingerprint density at radius 1 is 1.28 bits per heavy atom. The lowest BCUT2D eigenvalue weighted by molar-refractivity contribution is 0.0599. The molecule has 0 aliphatic carbocycles. The minimum Gasteiger partial charge on any atom is -0.465 e. The van der Waals surface area contributed by atoms with Crippen molar-refractivity contribution in [3.05, 3.63) is 59.0 Å². The van der Waals surface area contributed by atoms with Crippen molar-refractivity contribution in [1.82, 2.24) is 15.5 Å². The molecular weight excluding hydrogens is 368 g/mol. The number of rotatable bonds is 9. The van der Waals surface area contributed by atoms with Crippen molar-refractivity contribution >= 4 is 11.9 Å². The number of aliphatic imine (C=N–C) groups is 1. The molecule has 0 fully saturated rings. The molecule has 0 saturated heterocycles. The highest BCUT2D eigenvalue weighted by molar-refractivity contribution is 5.90. The number of hydrogen-bond acceptors (Lipinski definition) is 5. The van der Waals surface area contributed by atoms with Crippen LogP contribution in [0.4, 0.5) is 0 Å². The van der Waals surface area contributed by atoms with Crippen LogP contribution >= 0.6 is 0 Å². The first-order chi connectivity index (χ1) is 13.9. The number of nitrogens with one attached hydrogen (secondary N) is 2. The van der Waals surface area contributed by atoms with Gasteiger partial charge in [0.05, 0.1) is 13.7 Å². The van der Waals surface area contributed by atoms with Gasteiger partial charge in [0.2, 0.25) is 0 Å². The Bertz CT molecular complexity index is 802. The minimum atomic E-state index is -0.395. The minimum absolute atomic E-state index is 0.395. The number of hydrogen-bond donors (Lipinski definition) is 2. The number of carbonyl (C=O) groups is 1. The first-order valence-corrected chi connectivity index (χ1v) is 9.81. The van der Waals surface area contributed by atoms with Crippen molar-refractivity contribution in [2.45, 2.75) is 39.4 Å². The zero-order valence-corrected chi connectivity index (χ0v) is 18.0. The molecule has 1 heterocycles. The second-order valence-electron chi connectivity index (χ2n) is 7.07. The Hall–Kier alpha value is -2.80. The van der Waals surface area contributed by atoms with Gasteiger partial charge in [-0.05, 0) is 38.9 Å². The number of furan rings is 1. The summed E-state index contributed by atoms with van der Waals surface area (Å²) in [7, 11) is 5.23. The van der Waals surface area contributed by atoms with Crippen LogP contribution in [-0.4, -0.2) is 50.6 Å². The summed E-state index contributed by atoms with van der Waals surface area (Å²) >= 11 is 0. The Labute approximate surface area is 173 Å². The highest BCUT2D eigenvalue weighted by atomic mass is 16.5. The molecule has 2 rings (SSSR count). The maximum absolute atomic E-state index is 11.7. The normalized spacial score (nSPS) is 12.7. The summed E-state index contributed by atoms with van der Waals surface area (Å²) in [6.45, 7) is 6.12. The molecule has 29 heavy (non-hydrogen) atoms. The number of esters is 1.